The number of nitrogens with zero attached hydrogens (tertiary/aromatic N) is 1. The number of halogens is 2. The minimum Gasteiger partial charge on any atom is -0.306 e. The molecule has 0 aromatic carbocycles. The number of hydrogen-bond donors (Lipinski definition) is 0. The Morgan fingerprint density at radius 2 is 0.975 bits per heavy atom. The maximum atomic E-state index is 12.3. The number of likely N-dealkylation sites (tertiary alicyclic amines) is 1. The van der Waals surface area contributed by atoms with Gasteiger partial charge in [-0.15, -0.1) is 0 Å². The molecule has 1 aliphatic heterocycles. The summed E-state index contributed by atoms with van der Waals surface area (Å²) in [4.78, 5) is 2.43. The van der Waals surface area contributed by atoms with Gasteiger partial charge in [-0.3, -0.25) is 0 Å². The summed E-state index contributed by atoms with van der Waals surface area (Å²) in [6.07, 6.45) is 5.96. The zero-order valence-electron chi connectivity index (χ0n) is 27.8. The second kappa shape index (κ2) is 16.0. The average molecular weight is 576 g/mol. The summed E-state index contributed by atoms with van der Waals surface area (Å²) in [5.41, 5.74) is 1.75. The van der Waals surface area contributed by atoms with E-state index in [-0.39, 0.29) is 46.5 Å². The Kier molecular flexibility index (Phi) is 17.8. The highest BCUT2D eigenvalue weighted by Gasteiger charge is 2.49. The fraction of sp³-hybridized carbons (Fsp3) is 1.00. The van der Waals surface area contributed by atoms with Gasteiger partial charge in [-0.2, -0.15) is 0 Å². The third-order valence-corrected chi connectivity index (χ3v) is 9.75. The van der Waals surface area contributed by atoms with Crippen LogP contribution in [0.1, 0.15) is 158 Å². The first-order valence-corrected chi connectivity index (χ1v) is 15.4. The fourth-order valence-corrected chi connectivity index (χ4v) is 6.05. The van der Waals surface area contributed by atoms with E-state index in [9.17, 15) is 8.78 Å². The van der Waals surface area contributed by atoms with Gasteiger partial charge in [-0.05, 0) is 96.4 Å². The van der Waals surface area contributed by atoms with Gasteiger partial charge in [-0.1, -0.05) is 119 Å². The molecule has 4 fully saturated rings. The van der Waals surface area contributed by atoms with Crippen molar-refractivity contribution in [2.75, 3.05) is 20.1 Å². The van der Waals surface area contributed by atoms with E-state index in [2.05, 4.69) is 88.1 Å². The average Bonchev–Trinajstić information content (AvgIpc) is 3.21. The van der Waals surface area contributed by atoms with Crippen LogP contribution in [0.25, 0.3) is 0 Å². The molecular formula is C37H79F2N. The molecule has 0 aromatic rings. The molecule has 0 spiro atoms. The van der Waals surface area contributed by atoms with E-state index >= 15 is 0 Å². The molecule has 3 aliphatic carbocycles. The molecular weight excluding hydrogens is 496 g/mol. The molecule has 1 heterocycles. The van der Waals surface area contributed by atoms with Crippen molar-refractivity contribution in [3.05, 3.63) is 0 Å². The summed E-state index contributed by atoms with van der Waals surface area (Å²) in [7, 11) is 2.21. The lowest BCUT2D eigenvalue weighted by atomic mass is 9.64. The van der Waals surface area contributed by atoms with Crippen LogP contribution in [-0.2, 0) is 0 Å². The molecule has 40 heavy (non-hydrogen) atoms. The van der Waals surface area contributed by atoms with Crippen molar-refractivity contribution in [1.29, 1.82) is 0 Å². The monoisotopic (exact) mass is 576 g/mol. The second-order valence-electron chi connectivity index (χ2n) is 17.8. The van der Waals surface area contributed by atoms with Gasteiger partial charge in [0, 0.05) is 19.4 Å². The molecule has 4 aliphatic rings. The van der Waals surface area contributed by atoms with E-state index in [0.717, 1.165) is 29.6 Å². The van der Waals surface area contributed by atoms with Gasteiger partial charge < -0.3 is 4.90 Å². The van der Waals surface area contributed by atoms with E-state index in [1.807, 2.05) is 20.8 Å². The largest absolute Gasteiger partial charge is 0.306 e. The lowest BCUT2D eigenvalue weighted by Crippen LogP contribution is -2.42. The third-order valence-electron chi connectivity index (χ3n) is 9.75. The quantitative estimate of drug-likeness (QED) is 0.278. The minimum atomic E-state index is -2.35. The van der Waals surface area contributed by atoms with Crippen LogP contribution in [0.2, 0.25) is 0 Å². The van der Waals surface area contributed by atoms with Crippen LogP contribution in [0.3, 0.4) is 0 Å². The van der Waals surface area contributed by atoms with Crippen LogP contribution in [0.15, 0.2) is 0 Å². The van der Waals surface area contributed by atoms with Crippen LogP contribution in [0, 0.1) is 57.2 Å². The molecule has 4 rings (SSSR count). The molecule has 0 aromatic heterocycles. The lowest BCUT2D eigenvalue weighted by Gasteiger charge is -2.43. The molecule has 3 heteroatoms. The topological polar surface area (TPSA) is 3.24 Å². The Morgan fingerprint density at radius 1 is 0.600 bits per heavy atom. The second-order valence-corrected chi connectivity index (χ2v) is 17.8. The number of rotatable bonds is 0. The van der Waals surface area contributed by atoms with Gasteiger partial charge in [0.05, 0.1) is 0 Å². The predicted molar refractivity (Wildman–Crippen MR) is 180 cm³/mol. The van der Waals surface area contributed by atoms with E-state index < -0.39 is 5.92 Å². The van der Waals surface area contributed by atoms with Crippen molar-refractivity contribution in [3.8, 4) is 0 Å². The summed E-state index contributed by atoms with van der Waals surface area (Å²) in [5, 5.41) is 0. The zero-order valence-corrected chi connectivity index (χ0v) is 27.8. The van der Waals surface area contributed by atoms with Crippen LogP contribution >= 0.6 is 0 Å². The van der Waals surface area contributed by atoms with E-state index in [0.29, 0.717) is 16.2 Å². The van der Waals surface area contributed by atoms with Crippen molar-refractivity contribution in [1.82, 2.24) is 4.90 Å². The molecule has 0 bridgehead atoms. The molecule has 3 atom stereocenters. The standard InChI is InChI=1S/C9H19N.C9H18.C8H14F2.C8H16.3CH4/c1-9(2,3)8-5-6-10(4)7-8;1-7-5-8(6-7)9(2,3)4;1-7(2,3)6-4-8(9,10)5-6;1-6-5-7(6)8(2,3)4;;;/h8H,5-7H2,1-4H3;7-8H,5-6H2,1-4H3;6H,4-5H2,1-3H3;6-7H,5H2,1-4H3;3*1H4. The molecule has 246 valence electrons. The normalized spacial score (nSPS) is 29.5. The van der Waals surface area contributed by atoms with Crippen LogP contribution in [-0.4, -0.2) is 31.0 Å². The maximum absolute atomic E-state index is 12.3. The Labute approximate surface area is 254 Å². The highest BCUT2D eigenvalue weighted by atomic mass is 19.3. The summed E-state index contributed by atoms with van der Waals surface area (Å²) in [6.45, 7) is 34.4. The Bertz CT molecular complexity index is 656. The summed E-state index contributed by atoms with van der Waals surface area (Å²) >= 11 is 0. The first-order valence-electron chi connectivity index (χ1n) is 15.4. The van der Waals surface area contributed by atoms with Gasteiger partial charge in [0.1, 0.15) is 0 Å². The van der Waals surface area contributed by atoms with E-state index in [1.54, 1.807) is 0 Å². The van der Waals surface area contributed by atoms with Gasteiger partial charge in [-0.25, -0.2) is 8.78 Å². The van der Waals surface area contributed by atoms with Crippen molar-refractivity contribution in [3.63, 3.8) is 0 Å². The molecule has 3 unspecified atom stereocenters. The predicted octanol–water partition coefficient (Wildman–Crippen LogP) is 12.7. The van der Waals surface area contributed by atoms with Crippen LogP contribution in [0.4, 0.5) is 8.78 Å². The molecule has 1 saturated heterocycles. The van der Waals surface area contributed by atoms with E-state index in [4.69, 9.17) is 0 Å². The molecule has 0 radical (unpaired) electrons. The van der Waals surface area contributed by atoms with Gasteiger partial charge in [0.15, 0.2) is 0 Å². The maximum Gasteiger partial charge on any atom is 0.248 e. The van der Waals surface area contributed by atoms with Gasteiger partial charge in [0.25, 0.3) is 0 Å². The van der Waals surface area contributed by atoms with Crippen molar-refractivity contribution in [2.45, 2.75) is 164 Å². The van der Waals surface area contributed by atoms with Crippen molar-refractivity contribution >= 4 is 0 Å². The highest BCUT2D eigenvalue weighted by molar-refractivity contribution is 4.92. The van der Waals surface area contributed by atoms with Crippen LogP contribution in [0.5, 0.6) is 0 Å². The lowest BCUT2D eigenvalue weighted by molar-refractivity contribution is -0.138. The van der Waals surface area contributed by atoms with Crippen molar-refractivity contribution in [2.24, 2.45) is 57.2 Å². The highest BCUT2D eigenvalue weighted by Crippen LogP contribution is 2.51. The summed E-state index contributed by atoms with van der Waals surface area (Å²) in [6, 6.07) is 0. The molecule has 3 saturated carbocycles. The van der Waals surface area contributed by atoms with Crippen LogP contribution < -0.4 is 0 Å². The fourth-order valence-electron chi connectivity index (χ4n) is 6.05. The number of alkyl halides is 2. The zero-order chi connectivity index (χ0) is 29.2. The third kappa shape index (κ3) is 15.9. The van der Waals surface area contributed by atoms with Gasteiger partial charge >= 0.3 is 0 Å². The molecule has 0 amide bonds. The smallest absolute Gasteiger partial charge is 0.248 e. The van der Waals surface area contributed by atoms with E-state index in [1.165, 1.54) is 38.8 Å². The Balaban J connectivity index is -0.000000447. The number of hydrogen-bond acceptors (Lipinski definition) is 1. The summed E-state index contributed by atoms with van der Waals surface area (Å²) < 4.78 is 24.6. The summed E-state index contributed by atoms with van der Waals surface area (Å²) in [5.74, 6) is 2.83. The first-order chi connectivity index (χ1) is 16.3. The SMILES string of the molecule is C.C.C.CC(C)(C)C1CC(F)(F)C1.CC1CC(C(C)(C)C)C1.CC1CC1C(C)(C)C.CN1CCC(C(C)(C)C)C1. The van der Waals surface area contributed by atoms with Gasteiger partial charge in [0.2, 0.25) is 5.92 Å². The first kappa shape index (κ1) is 44.3. The molecule has 0 N–H and O–H groups in total. The van der Waals surface area contributed by atoms with Crippen molar-refractivity contribution < 1.29 is 8.78 Å². The minimum absolute atomic E-state index is 0. The Hall–Kier alpha value is -0.180. The Morgan fingerprint density at radius 3 is 1.07 bits per heavy atom. The molecule has 1 nitrogen and oxygen atoms in total.